The number of nitrogens with zero attached hydrogens (tertiary/aromatic N) is 5. The summed E-state index contributed by atoms with van der Waals surface area (Å²) in [5.41, 5.74) is 1.07. The van der Waals surface area contributed by atoms with E-state index in [2.05, 4.69) is 25.6 Å². The van der Waals surface area contributed by atoms with Crippen LogP contribution in [0.25, 0.3) is 11.2 Å². The molecule has 4 rings (SSSR count). The van der Waals surface area contributed by atoms with Gasteiger partial charge in [0.2, 0.25) is 5.28 Å². The van der Waals surface area contributed by atoms with Gasteiger partial charge in [-0.05, 0) is 29.3 Å². The molecule has 1 saturated heterocycles. The first-order chi connectivity index (χ1) is 16.8. The van der Waals surface area contributed by atoms with Gasteiger partial charge in [-0.15, -0.1) is 5.10 Å². The van der Waals surface area contributed by atoms with Gasteiger partial charge in [-0.2, -0.15) is 14.6 Å². The standard InChI is InChI=1S/C17H20Cl2N6O9P2/c18-9-3-1-2-8(4-9)5-20-14-11-15(22-17(19)21-14)25(24-23-11)16-13(27)12(26)10(34-16)6-33-36(31,32)7-35(28,29)30/h1-4,10,12-13,16,26-27H,5-7H2,(H,31,32)(H,20,21,22)(H2,28,29,30)/t10-,12-,13-,16-/m1/s1. The molecule has 2 aromatic heterocycles. The van der Waals surface area contributed by atoms with Gasteiger partial charge in [-0.3, -0.25) is 9.13 Å². The quantitative estimate of drug-likeness (QED) is 0.153. The molecule has 1 aliphatic heterocycles. The topological polar surface area (TPSA) is 222 Å². The molecule has 36 heavy (non-hydrogen) atoms. The second kappa shape index (κ2) is 10.6. The highest BCUT2D eigenvalue weighted by atomic mass is 35.5. The molecule has 1 aliphatic rings. The van der Waals surface area contributed by atoms with E-state index in [9.17, 15) is 24.2 Å². The molecule has 15 nitrogen and oxygen atoms in total. The molecule has 6 N–H and O–H groups in total. The largest absolute Gasteiger partial charge is 0.387 e. The zero-order chi connectivity index (χ0) is 26.3. The molecule has 0 amide bonds. The molecule has 196 valence electrons. The fourth-order valence-corrected chi connectivity index (χ4v) is 6.41. The Kier molecular flexibility index (Phi) is 8.01. The molecule has 1 fully saturated rings. The number of hydrogen-bond donors (Lipinski definition) is 6. The Bertz CT molecular complexity index is 1360. The number of anilines is 1. The lowest BCUT2D eigenvalue weighted by atomic mass is 10.1. The average Bonchev–Trinajstić information content (AvgIpc) is 3.30. The Morgan fingerprint density at radius 2 is 1.89 bits per heavy atom. The van der Waals surface area contributed by atoms with E-state index in [1.165, 1.54) is 0 Å². The third kappa shape index (κ3) is 6.39. The zero-order valence-electron chi connectivity index (χ0n) is 18.0. The summed E-state index contributed by atoms with van der Waals surface area (Å²) in [6.45, 7) is -0.441. The number of halogens is 2. The van der Waals surface area contributed by atoms with Crippen molar-refractivity contribution in [2.45, 2.75) is 31.1 Å². The van der Waals surface area contributed by atoms with Crippen LogP contribution in [0.1, 0.15) is 11.8 Å². The number of fused-ring (bicyclic) bond motifs is 1. The molecule has 1 unspecified atom stereocenters. The highest BCUT2D eigenvalue weighted by Gasteiger charge is 2.46. The summed E-state index contributed by atoms with van der Waals surface area (Å²) in [5.74, 6) is -1.19. The van der Waals surface area contributed by atoms with Gasteiger partial charge in [0.25, 0.3) is 0 Å². The van der Waals surface area contributed by atoms with Crippen LogP contribution in [0, 0.1) is 0 Å². The normalized spacial score (nSPS) is 24.2. The number of rotatable bonds is 9. The number of hydrogen-bond acceptors (Lipinski definition) is 11. The lowest BCUT2D eigenvalue weighted by Gasteiger charge is -2.18. The predicted octanol–water partition coefficient (Wildman–Crippen LogP) is 1.10. The maximum atomic E-state index is 11.9. The van der Waals surface area contributed by atoms with Crippen LogP contribution >= 0.6 is 38.4 Å². The Balaban J connectivity index is 1.52. The Labute approximate surface area is 212 Å². The van der Waals surface area contributed by atoms with Crippen molar-refractivity contribution < 1.29 is 43.3 Å². The minimum absolute atomic E-state index is 0.0516. The SMILES string of the molecule is O=P(O)(O)CP(=O)(O)OC[C@H]1O[C@@H](n2nnc3c(NCc4cccc(Cl)c4)nc(Cl)nc32)[C@H](O)[C@@H]1O. The second-order valence-corrected chi connectivity index (χ2v) is 12.6. The molecule has 0 aliphatic carbocycles. The van der Waals surface area contributed by atoms with Crippen LogP contribution in [0.5, 0.6) is 0 Å². The molecule has 19 heteroatoms. The van der Waals surface area contributed by atoms with Crippen LogP contribution in [0.2, 0.25) is 10.3 Å². The number of aromatic nitrogens is 5. The highest BCUT2D eigenvalue weighted by Crippen LogP contribution is 2.55. The molecule has 1 aromatic carbocycles. The third-order valence-corrected chi connectivity index (χ3v) is 8.89. The van der Waals surface area contributed by atoms with Crippen molar-refractivity contribution in [3.8, 4) is 0 Å². The van der Waals surface area contributed by atoms with Gasteiger partial charge in [-0.25, -0.2) is 0 Å². The fraction of sp³-hybridized carbons (Fsp3) is 0.412. The number of aliphatic hydroxyl groups excluding tert-OH is 2. The molecule has 0 radical (unpaired) electrons. The van der Waals surface area contributed by atoms with Crippen LogP contribution in [-0.4, -0.2) is 80.7 Å². The summed E-state index contributed by atoms with van der Waals surface area (Å²) >= 11 is 12.1. The number of aliphatic hydroxyl groups is 2. The summed E-state index contributed by atoms with van der Waals surface area (Å²) in [5, 5.41) is 32.2. The number of nitrogens with one attached hydrogen (secondary N) is 1. The van der Waals surface area contributed by atoms with E-state index >= 15 is 0 Å². The summed E-state index contributed by atoms with van der Waals surface area (Å²) in [4.78, 5) is 35.6. The minimum Gasteiger partial charge on any atom is -0.387 e. The van der Waals surface area contributed by atoms with Gasteiger partial charge in [-0.1, -0.05) is 28.9 Å². The maximum Gasteiger partial charge on any atom is 0.340 e. The molecule has 0 bridgehead atoms. The summed E-state index contributed by atoms with van der Waals surface area (Å²) < 4.78 is 34.2. The summed E-state index contributed by atoms with van der Waals surface area (Å²) in [6.07, 6.45) is -5.91. The fourth-order valence-electron chi connectivity index (χ4n) is 3.46. The number of benzene rings is 1. The smallest absolute Gasteiger partial charge is 0.340 e. The first-order valence-corrected chi connectivity index (χ1v) is 14.4. The zero-order valence-corrected chi connectivity index (χ0v) is 21.3. The Morgan fingerprint density at radius 3 is 2.58 bits per heavy atom. The van der Waals surface area contributed by atoms with E-state index in [0.717, 1.165) is 10.2 Å². The van der Waals surface area contributed by atoms with Gasteiger partial charge in [0.15, 0.2) is 29.1 Å². The Hall–Kier alpha value is -1.74. The van der Waals surface area contributed by atoms with Crippen molar-refractivity contribution in [1.29, 1.82) is 0 Å². The predicted molar refractivity (Wildman–Crippen MR) is 126 cm³/mol. The number of ether oxygens (including phenoxy) is 1. The maximum absolute atomic E-state index is 11.9. The lowest BCUT2D eigenvalue weighted by molar-refractivity contribution is -0.0549. The van der Waals surface area contributed by atoms with Gasteiger partial charge < -0.3 is 39.5 Å². The van der Waals surface area contributed by atoms with Crippen LogP contribution in [0.4, 0.5) is 5.82 Å². The van der Waals surface area contributed by atoms with Crippen molar-refractivity contribution >= 4 is 55.4 Å². The van der Waals surface area contributed by atoms with Crippen molar-refractivity contribution in [1.82, 2.24) is 25.0 Å². The van der Waals surface area contributed by atoms with Gasteiger partial charge >= 0.3 is 15.2 Å². The van der Waals surface area contributed by atoms with Crippen LogP contribution in [-0.2, 0) is 24.9 Å². The van der Waals surface area contributed by atoms with E-state index in [4.69, 9.17) is 42.2 Å². The minimum atomic E-state index is -4.85. The third-order valence-electron chi connectivity index (χ3n) is 5.03. The summed E-state index contributed by atoms with van der Waals surface area (Å²) in [7, 11) is -9.55. The second-order valence-electron chi connectivity index (χ2n) is 7.82. The molecule has 0 spiro atoms. The molecule has 3 aromatic rings. The van der Waals surface area contributed by atoms with Crippen molar-refractivity contribution in [2.24, 2.45) is 0 Å². The first-order valence-electron chi connectivity index (χ1n) is 10.1. The molecular weight excluding hydrogens is 565 g/mol. The van der Waals surface area contributed by atoms with E-state index in [1.54, 1.807) is 18.2 Å². The van der Waals surface area contributed by atoms with Crippen molar-refractivity contribution in [3.63, 3.8) is 0 Å². The molecular formula is C17H20Cl2N6O9P2. The first kappa shape index (κ1) is 27.3. The van der Waals surface area contributed by atoms with Gasteiger partial charge in [0.05, 0.1) is 6.61 Å². The van der Waals surface area contributed by atoms with Gasteiger partial charge in [0.1, 0.15) is 18.3 Å². The van der Waals surface area contributed by atoms with Crippen LogP contribution in [0.3, 0.4) is 0 Å². The van der Waals surface area contributed by atoms with E-state index in [1.807, 2.05) is 6.07 Å². The van der Waals surface area contributed by atoms with Gasteiger partial charge in [0, 0.05) is 11.6 Å². The van der Waals surface area contributed by atoms with Crippen LogP contribution < -0.4 is 5.32 Å². The van der Waals surface area contributed by atoms with Crippen molar-refractivity contribution in [3.05, 3.63) is 40.1 Å². The summed E-state index contributed by atoms with van der Waals surface area (Å²) in [6, 6.07) is 7.10. The highest BCUT2D eigenvalue weighted by molar-refractivity contribution is 7.70. The van der Waals surface area contributed by atoms with E-state index in [0.29, 0.717) is 11.6 Å². The average molecular weight is 585 g/mol. The monoisotopic (exact) mass is 584 g/mol. The molecule has 3 heterocycles. The molecule has 5 atom stereocenters. The van der Waals surface area contributed by atoms with E-state index in [-0.39, 0.29) is 22.3 Å². The Morgan fingerprint density at radius 1 is 1.14 bits per heavy atom. The van der Waals surface area contributed by atoms with E-state index < -0.39 is 52.2 Å². The lowest BCUT2D eigenvalue weighted by Crippen LogP contribution is -2.33. The molecule has 0 saturated carbocycles. The van der Waals surface area contributed by atoms with Crippen LogP contribution in [0.15, 0.2) is 24.3 Å². The van der Waals surface area contributed by atoms with Crippen molar-refractivity contribution in [2.75, 3.05) is 17.8 Å².